The van der Waals surface area contributed by atoms with Gasteiger partial charge < -0.3 is 10.2 Å². The quantitative estimate of drug-likeness (QED) is 0.866. The summed E-state index contributed by atoms with van der Waals surface area (Å²) in [6.07, 6.45) is 0. The SMILES string of the molecule is C[C@@H]1CNCCN1C(=O)c1sc2cc(Cl)ccc2c1Cl. The van der Waals surface area contributed by atoms with Gasteiger partial charge in [0.15, 0.2) is 0 Å². The summed E-state index contributed by atoms with van der Waals surface area (Å²) in [6, 6.07) is 5.70. The lowest BCUT2D eigenvalue weighted by molar-refractivity contribution is 0.0661. The third-order valence-corrected chi connectivity index (χ3v) is 5.43. The monoisotopic (exact) mass is 328 g/mol. The molecule has 1 N–H and O–H groups in total. The maximum absolute atomic E-state index is 12.7. The molecular weight excluding hydrogens is 315 g/mol. The zero-order valence-corrected chi connectivity index (χ0v) is 13.3. The fourth-order valence-corrected chi connectivity index (χ4v) is 4.19. The van der Waals surface area contributed by atoms with Crippen LogP contribution < -0.4 is 5.32 Å². The van der Waals surface area contributed by atoms with Crippen LogP contribution in [0.3, 0.4) is 0 Å². The minimum atomic E-state index is 0.0151. The summed E-state index contributed by atoms with van der Waals surface area (Å²) in [4.78, 5) is 15.2. The smallest absolute Gasteiger partial charge is 0.265 e. The Bertz CT molecular complexity index is 670. The number of nitrogens with zero attached hydrogens (tertiary/aromatic N) is 1. The van der Waals surface area contributed by atoms with E-state index in [1.165, 1.54) is 11.3 Å². The topological polar surface area (TPSA) is 32.3 Å². The molecule has 20 heavy (non-hydrogen) atoms. The molecule has 0 spiro atoms. The number of benzene rings is 1. The number of nitrogens with one attached hydrogen (secondary N) is 1. The highest BCUT2D eigenvalue weighted by Crippen LogP contribution is 2.37. The van der Waals surface area contributed by atoms with Crippen LogP contribution in [0.2, 0.25) is 10.0 Å². The van der Waals surface area contributed by atoms with E-state index < -0.39 is 0 Å². The zero-order chi connectivity index (χ0) is 14.3. The molecule has 0 bridgehead atoms. The van der Waals surface area contributed by atoms with Gasteiger partial charge in [-0.05, 0) is 19.1 Å². The van der Waals surface area contributed by atoms with Gasteiger partial charge in [-0.2, -0.15) is 0 Å². The molecule has 0 aliphatic carbocycles. The first-order chi connectivity index (χ1) is 9.58. The van der Waals surface area contributed by atoms with Crippen LogP contribution in [0.15, 0.2) is 18.2 Å². The summed E-state index contributed by atoms with van der Waals surface area (Å²) in [7, 11) is 0. The number of halogens is 2. The Morgan fingerprint density at radius 2 is 2.25 bits per heavy atom. The fraction of sp³-hybridized carbons (Fsp3) is 0.357. The van der Waals surface area contributed by atoms with E-state index in [0.717, 1.165) is 23.2 Å². The first-order valence-corrected chi connectivity index (χ1v) is 8.04. The molecule has 6 heteroatoms. The van der Waals surface area contributed by atoms with Gasteiger partial charge in [0.1, 0.15) is 4.88 Å². The van der Waals surface area contributed by atoms with Crippen molar-refractivity contribution in [2.75, 3.05) is 19.6 Å². The van der Waals surface area contributed by atoms with E-state index in [4.69, 9.17) is 23.2 Å². The van der Waals surface area contributed by atoms with Gasteiger partial charge in [0.25, 0.3) is 5.91 Å². The number of carbonyl (C=O) groups excluding carboxylic acids is 1. The highest BCUT2D eigenvalue weighted by molar-refractivity contribution is 7.21. The minimum Gasteiger partial charge on any atom is -0.333 e. The highest BCUT2D eigenvalue weighted by atomic mass is 35.5. The Kier molecular flexibility index (Phi) is 3.91. The number of piperazine rings is 1. The van der Waals surface area contributed by atoms with Crippen molar-refractivity contribution in [1.29, 1.82) is 0 Å². The number of amides is 1. The predicted octanol–water partition coefficient (Wildman–Crippen LogP) is 3.64. The lowest BCUT2D eigenvalue weighted by atomic mass is 10.2. The van der Waals surface area contributed by atoms with Gasteiger partial charge in [-0.3, -0.25) is 4.79 Å². The largest absolute Gasteiger partial charge is 0.333 e. The molecule has 1 amide bonds. The lowest BCUT2D eigenvalue weighted by Gasteiger charge is -2.33. The third kappa shape index (κ3) is 2.42. The molecular formula is C14H14Cl2N2OS. The second-order valence-electron chi connectivity index (χ2n) is 4.94. The van der Waals surface area contributed by atoms with Gasteiger partial charge in [-0.15, -0.1) is 11.3 Å². The second-order valence-corrected chi connectivity index (χ2v) is 6.80. The van der Waals surface area contributed by atoms with Crippen LogP contribution in [0, 0.1) is 0 Å². The molecule has 3 nitrogen and oxygen atoms in total. The van der Waals surface area contributed by atoms with Crippen molar-refractivity contribution in [3.8, 4) is 0 Å². The van der Waals surface area contributed by atoms with Crippen molar-refractivity contribution < 1.29 is 4.79 Å². The molecule has 1 saturated heterocycles. The van der Waals surface area contributed by atoms with Gasteiger partial charge >= 0.3 is 0 Å². The first kappa shape index (κ1) is 14.1. The van der Waals surface area contributed by atoms with E-state index in [1.54, 1.807) is 6.07 Å². The van der Waals surface area contributed by atoms with Crippen LogP contribution in [0.4, 0.5) is 0 Å². The summed E-state index contributed by atoms with van der Waals surface area (Å²) < 4.78 is 0.952. The molecule has 1 aromatic carbocycles. The Morgan fingerprint density at radius 3 is 3.00 bits per heavy atom. The predicted molar refractivity (Wildman–Crippen MR) is 85.2 cm³/mol. The Morgan fingerprint density at radius 1 is 1.45 bits per heavy atom. The zero-order valence-electron chi connectivity index (χ0n) is 11.0. The highest BCUT2D eigenvalue weighted by Gasteiger charge is 2.27. The summed E-state index contributed by atoms with van der Waals surface area (Å²) in [5.41, 5.74) is 0. The van der Waals surface area contributed by atoms with E-state index in [0.29, 0.717) is 21.5 Å². The molecule has 1 aliphatic rings. The van der Waals surface area contributed by atoms with Crippen LogP contribution >= 0.6 is 34.5 Å². The minimum absolute atomic E-state index is 0.0151. The van der Waals surface area contributed by atoms with Crippen molar-refractivity contribution in [1.82, 2.24) is 10.2 Å². The average Bonchev–Trinajstić information content (AvgIpc) is 2.75. The number of fused-ring (bicyclic) bond motifs is 1. The molecule has 0 unspecified atom stereocenters. The molecule has 2 heterocycles. The number of hydrogen-bond donors (Lipinski definition) is 1. The molecule has 1 fully saturated rings. The number of thiophene rings is 1. The summed E-state index contributed by atoms with van der Waals surface area (Å²) in [5, 5.41) is 5.37. The standard InChI is InChI=1S/C14H14Cl2N2OS/c1-8-7-17-4-5-18(8)14(19)13-12(16)10-3-2-9(15)6-11(10)20-13/h2-3,6,8,17H,4-5,7H2,1H3/t8-/m1/s1. The van der Waals surface area contributed by atoms with Crippen molar-refractivity contribution in [3.05, 3.63) is 33.1 Å². The molecule has 3 rings (SSSR count). The lowest BCUT2D eigenvalue weighted by Crippen LogP contribution is -2.52. The van der Waals surface area contributed by atoms with E-state index in [-0.39, 0.29) is 11.9 Å². The molecule has 1 atom stereocenters. The molecule has 1 aromatic heterocycles. The molecule has 2 aromatic rings. The molecule has 0 radical (unpaired) electrons. The van der Waals surface area contributed by atoms with E-state index in [9.17, 15) is 4.79 Å². The number of carbonyl (C=O) groups is 1. The summed E-state index contributed by atoms with van der Waals surface area (Å²) in [6.45, 7) is 4.40. The van der Waals surface area contributed by atoms with Gasteiger partial charge in [-0.1, -0.05) is 29.3 Å². The normalized spacial score (nSPS) is 19.6. The van der Waals surface area contributed by atoms with Gasteiger partial charge in [0, 0.05) is 40.8 Å². The Labute approximate surface area is 131 Å². The van der Waals surface area contributed by atoms with Gasteiger partial charge in [0.05, 0.1) is 5.02 Å². The maximum atomic E-state index is 12.7. The maximum Gasteiger partial charge on any atom is 0.265 e. The molecule has 0 saturated carbocycles. The van der Waals surface area contributed by atoms with E-state index in [1.807, 2.05) is 24.0 Å². The average molecular weight is 329 g/mol. The van der Waals surface area contributed by atoms with Crippen LogP contribution in [0.1, 0.15) is 16.6 Å². The summed E-state index contributed by atoms with van der Waals surface area (Å²) >= 11 is 13.8. The third-order valence-electron chi connectivity index (χ3n) is 3.55. The number of rotatable bonds is 1. The van der Waals surface area contributed by atoms with Crippen molar-refractivity contribution in [2.45, 2.75) is 13.0 Å². The van der Waals surface area contributed by atoms with Crippen LogP contribution in [-0.4, -0.2) is 36.5 Å². The van der Waals surface area contributed by atoms with Crippen LogP contribution in [-0.2, 0) is 0 Å². The van der Waals surface area contributed by atoms with Crippen LogP contribution in [0.5, 0.6) is 0 Å². The Hall–Kier alpha value is -0.810. The van der Waals surface area contributed by atoms with Crippen molar-refractivity contribution >= 4 is 50.5 Å². The Balaban J connectivity index is 2.01. The van der Waals surface area contributed by atoms with Crippen molar-refractivity contribution in [3.63, 3.8) is 0 Å². The fourth-order valence-electron chi connectivity index (χ4n) is 2.45. The van der Waals surface area contributed by atoms with Gasteiger partial charge in [0.2, 0.25) is 0 Å². The second kappa shape index (κ2) is 5.53. The number of hydrogen-bond acceptors (Lipinski definition) is 3. The molecule has 106 valence electrons. The van der Waals surface area contributed by atoms with E-state index >= 15 is 0 Å². The van der Waals surface area contributed by atoms with Crippen molar-refractivity contribution in [2.24, 2.45) is 0 Å². The molecule has 1 aliphatic heterocycles. The van der Waals surface area contributed by atoms with Gasteiger partial charge in [-0.25, -0.2) is 0 Å². The summed E-state index contributed by atoms with van der Waals surface area (Å²) in [5.74, 6) is 0.0151. The first-order valence-electron chi connectivity index (χ1n) is 6.47. The van der Waals surface area contributed by atoms with Crippen LogP contribution in [0.25, 0.3) is 10.1 Å². The van der Waals surface area contributed by atoms with E-state index in [2.05, 4.69) is 5.32 Å².